The van der Waals surface area contributed by atoms with Crippen molar-refractivity contribution in [3.05, 3.63) is 40.2 Å². The summed E-state index contributed by atoms with van der Waals surface area (Å²) < 4.78 is 0. The van der Waals surface area contributed by atoms with Crippen LogP contribution in [0.4, 0.5) is 16.4 Å². The van der Waals surface area contributed by atoms with E-state index in [1.165, 1.54) is 0 Å². The minimum Gasteiger partial charge on any atom is -0.334 e. The number of hydrogen-bond donors (Lipinski definition) is 0. The van der Waals surface area contributed by atoms with Crippen LogP contribution in [-0.4, -0.2) is 20.0 Å². The first kappa shape index (κ1) is 11.6. The monoisotopic (exact) mass is 278 g/mol. The van der Waals surface area contributed by atoms with Crippen molar-refractivity contribution in [2.75, 3.05) is 23.9 Å². The van der Waals surface area contributed by atoms with Crippen LogP contribution in [0, 0.1) is 0 Å². The van der Waals surface area contributed by atoms with E-state index in [4.69, 9.17) is 11.6 Å². The van der Waals surface area contributed by atoms with E-state index in [1.54, 1.807) is 23.3 Å². The Balaban J connectivity index is 2.29. The van der Waals surface area contributed by atoms with Gasteiger partial charge in [-0.1, -0.05) is 11.6 Å². The largest absolute Gasteiger partial charge is 0.334 e. The molecule has 0 radical (unpaired) electrons. The lowest BCUT2D eigenvalue weighted by Gasteiger charge is -2.21. The molecule has 3 nitrogen and oxygen atoms in total. The highest BCUT2D eigenvalue weighted by molar-refractivity contribution is 7.14. The summed E-state index contributed by atoms with van der Waals surface area (Å²) in [6.07, 6.45) is 0. The molecule has 0 unspecified atom stereocenters. The molecule has 1 amide bonds. The fourth-order valence-electron chi connectivity index (χ4n) is 2.17. The number of nitrogens with zero attached hydrogens (tertiary/aromatic N) is 2. The van der Waals surface area contributed by atoms with Crippen LogP contribution < -0.4 is 9.80 Å². The number of amides is 1. The zero-order valence-electron chi connectivity index (χ0n) is 9.98. The SMILES string of the molecule is CN1C(=O)c2ccsc2N(C)c2ccc(Cl)cc21. The van der Waals surface area contributed by atoms with E-state index < -0.39 is 0 Å². The maximum atomic E-state index is 12.4. The van der Waals surface area contributed by atoms with Gasteiger partial charge in [-0.05, 0) is 29.6 Å². The average Bonchev–Trinajstić information content (AvgIpc) is 2.82. The van der Waals surface area contributed by atoms with Crippen molar-refractivity contribution < 1.29 is 4.79 Å². The Morgan fingerprint density at radius 1 is 1.11 bits per heavy atom. The quantitative estimate of drug-likeness (QED) is 0.732. The standard InChI is InChI=1S/C13H11ClN2OS/c1-15-11-7-8(14)3-4-10(11)16(2)13-9(12(15)17)5-6-18-13/h3-7H,1-2H3. The maximum absolute atomic E-state index is 12.4. The highest BCUT2D eigenvalue weighted by Crippen LogP contribution is 2.42. The molecular formula is C13H11ClN2OS. The van der Waals surface area contributed by atoms with Crippen molar-refractivity contribution in [2.45, 2.75) is 0 Å². The molecule has 3 rings (SSSR count). The van der Waals surface area contributed by atoms with Gasteiger partial charge >= 0.3 is 0 Å². The summed E-state index contributed by atoms with van der Waals surface area (Å²) in [5.41, 5.74) is 2.55. The zero-order chi connectivity index (χ0) is 12.9. The third-order valence-electron chi connectivity index (χ3n) is 3.14. The molecule has 0 N–H and O–H groups in total. The molecule has 2 heterocycles. The summed E-state index contributed by atoms with van der Waals surface area (Å²) >= 11 is 7.59. The lowest BCUT2D eigenvalue weighted by molar-refractivity contribution is 0.0994. The summed E-state index contributed by atoms with van der Waals surface area (Å²) in [6, 6.07) is 7.47. The maximum Gasteiger partial charge on any atom is 0.261 e. The second-order valence-corrected chi connectivity index (χ2v) is 5.53. The van der Waals surface area contributed by atoms with Crippen molar-refractivity contribution in [1.29, 1.82) is 0 Å². The Morgan fingerprint density at radius 3 is 2.67 bits per heavy atom. The second-order valence-electron chi connectivity index (χ2n) is 4.20. The number of carbonyl (C=O) groups is 1. The summed E-state index contributed by atoms with van der Waals surface area (Å²) in [6.45, 7) is 0. The third kappa shape index (κ3) is 1.53. The van der Waals surface area contributed by atoms with Gasteiger partial charge in [-0.15, -0.1) is 11.3 Å². The number of anilines is 3. The van der Waals surface area contributed by atoms with Gasteiger partial charge in [0.25, 0.3) is 5.91 Å². The predicted octanol–water partition coefficient (Wildman–Crippen LogP) is 3.76. The molecule has 1 aromatic carbocycles. The third-order valence-corrected chi connectivity index (χ3v) is 4.37. The van der Waals surface area contributed by atoms with E-state index in [0.29, 0.717) is 5.02 Å². The molecule has 1 aliphatic heterocycles. The normalized spacial score (nSPS) is 14.3. The Labute approximate surface area is 114 Å². The van der Waals surface area contributed by atoms with Crippen molar-refractivity contribution in [1.82, 2.24) is 0 Å². The summed E-state index contributed by atoms with van der Waals surface area (Å²) in [5, 5.41) is 3.54. The number of benzene rings is 1. The first-order valence-corrected chi connectivity index (χ1v) is 6.74. The molecule has 1 aromatic heterocycles. The van der Waals surface area contributed by atoms with E-state index in [-0.39, 0.29) is 5.91 Å². The van der Waals surface area contributed by atoms with Gasteiger partial charge < -0.3 is 9.80 Å². The van der Waals surface area contributed by atoms with Gasteiger partial charge in [0.05, 0.1) is 16.9 Å². The number of fused-ring (bicyclic) bond motifs is 2. The number of carbonyl (C=O) groups excluding carboxylic acids is 1. The molecule has 0 aliphatic carbocycles. The molecule has 18 heavy (non-hydrogen) atoms. The van der Waals surface area contributed by atoms with Crippen LogP contribution in [-0.2, 0) is 0 Å². The molecule has 1 aliphatic rings. The van der Waals surface area contributed by atoms with E-state index >= 15 is 0 Å². The zero-order valence-corrected chi connectivity index (χ0v) is 11.5. The van der Waals surface area contributed by atoms with Gasteiger partial charge in [0, 0.05) is 19.1 Å². The molecule has 0 bridgehead atoms. The Hall–Kier alpha value is -1.52. The van der Waals surface area contributed by atoms with Crippen molar-refractivity contribution in [2.24, 2.45) is 0 Å². The van der Waals surface area contributed by atoms with Crippen LogP contribution in [0.3, 0.4) is 0 Å². The molecule has 0 fully saturated rings. The number of thiophene rings is 1. The lowest BCUT2D eigenvalue weighted by atomic mass is 10.2. The second kappa shape index (κ2) is 4.00. The van der Waals surface area contributed by atoms with Crippen LogP contribution in [0.25, 0.3) is 0 Å². The van der Waals surface area contributed by atoms with Gasteiger partial charge in [-0.25, -0.2) is 0 Å². The van der Waals surface area contributed by atoms with Gasteiger partial charge in [0.1, 0.15) is 5.00 Å². The highest BCUT2D eigenvalue weighted by atomic mass is 35.5. The molecular weight excluding hydrogens is 268 g/mol. The summed E-state index contributed by atoms with van der Waals surface area (Å²) in [5.74, 6) is -0.000818. The number of rotatable bonds is 0. The van der Waals surface area contributed by atoms with Crippen LogP contribution in [0.15, 0.2) is 29.6 Å². The minimum atomic E-state index is -0.000818. The molecule has 92 valence electrons. The van der Waals surface area contributed by atoms with Crippen molar-refractivity contribution in [3.63, 3.8) is 0 Å². The summed E-state index contributed by atoms with van der Waals surface area (Å²) in [7, 11) is 3.74. The Kier molecular flexibility index (Phi) is 2.57. The van der Waals surface area contributed by atoms with E-state index in [1.807, 2.05) is 41.6 Å². The molecule has 2 aromatic rings. The topological polar surface area (TPSA) is 23.6 Å². The van der Waals surface area contributed by atoms with E-state index in [0.717, 1.165) is 21.9 Å². The molecule has 0 spiro atoms. The number of halogens is 1. The Morgan fingerprint density at radius 2 is 1.89 bits per heavy atom. The molecule has 0 saturated carbocycles. The summed E-state index contributed by atoms with van der Waals surface area (Å²) in [4.78, 5) is 16.1. The Bertz CT molecular complexity index is 638. The van der Waals surface area contributed by atoms with Crippen LogP contribution >= 0.6 is 22.9 Å². The average molecular weight is 279 g/mol. The highest BCUT2D eigenvalue weighted by Gasteiger charge is 2.28. The van der Waals surface area contributed by atoms with E-state index in [9.17, 15) is 4.79 Å². The number of hydrogen-bond acceptors (Lipinski definition) is 3. The van der Waals surface area contributed by atoms with Crippen molar-refractivity contribution in [3.8, 4) is 0 Å². The van der Waals surface area contributed by atoms with Gasteiger partial charge in [0.15, 0.2) is 0 Å². The van der Waals surface area contributed by atoms with Crippen molar-refractivity contribution >= 4 is 45.2 Å². The smallest absolute Gasteiger partial charge is 0.261 e. The van der Waals surface area contributed by atoms with Crippen LogP contribution in [0.2, 0.25) is 5.02 Å². The van der Waals surface area contributed by atoms with E-state index in [2.05, 4.69) is 0 Å². The van der Waals surface area contributed by atoms with Crippen LogP contribution in [0.5, 0.6) is 0 Å². The molecule has 0 atom stereocenters. The first-order chi connectivity index (χ1) is 8.59. The lowest BCUT2D eigenvalue weighted by Crippen LogP contribution is -2.24. The molecule has 0 saturated heterocycles. The first-order valence-electron chi connectivity index (χ1n) is 5.48. The van der Waals surface area contributed by atoms with Gasteiger partial charge in [-0.3, -0.25) is 4.79 Å². The molecule has 5 heteroatoms. The van der Waals surface area contributed by atoms with Crippen LogP contribution in [0.1, 0.15) is 10.4 Å². The van der Waals surface area contributed by atoms with Gasteiger partial charge in [0.2, 0.25) is 0 Å². The fraction of sp³-hybridized carbons (Fsp3) is 0.154. The minimum absolute atomic E-state index is 0.000818. The predicted molar refractivity (Wildman–Crippen MR) is 76.6 cm³/mol. The van der Waals surface area contributed by atoms with Gasteiger partial charge in [-0.2, -0.15) is 0 Å². The fourth-order valence-corrected chi connectivity index (χ4v) is 3.21.